The van der Waals surface area contributed by atoms with E-state index in [1.165, 1.54) is 18.2 Å². The number of anilines is 2. The van der Waals surface area contributed by atoms with Crippen LogP contribution >= 0.6 is 12.2 Å². The van der Waals surface area contributed by atoms with Crippen molar-refractivity contribution >= 4 is 28.7 Å². The monoisotopic (exact) mass is 474 g/mol. The van der Waals surface area contributed by atoms with E-state index in [0.29, 0.717) is 0 Å². The van der Waals surface area contributed by atoms with Crippen molar-refractivity contribution in [2.45, 2.75) is 18.5 Å². The Kier molecular flexibility index (Phi) is 7.87. The van der Waals surface area contributed by atoms with E-state index in [9.17, 15) is 35.1 Å². The third-order valence-electron chi connectivity index (χ3n) is 3.41. The first-order valence-electron chi connectivity index (χ1n) is 8.32. The van der Waals surface area contributed by atoms with Gasteiger partial charge in [-0.3, -0.25) is 0 Å². The summed E-state index contributed by atoms with van der Waals surface area (Å²) in [6.45, 7) is -3.44. The van der Waals surface area contributed by atoms with E-state index in [-0.39, 0.29) is 16.5 Å². The van der Waals surface area contributed by atoms with Crippen LogP contribution in [-0.2, 0) is 0 Å². The molecule has 0 radical (unpaired) electrons. The van der Waals surface area contributed by atoms with E-state index >= 15 is 0 Å². The van der Waals surface area contributed by atoms with Crippen LogP contribution in [0.1, 0.15) is 0 Å². The number of rotatable bonds is 8. The van der Waals surface area contributed by atoms with Gasteiger partial charge in [-0.1, -0.05) is 12.1 Å². The first kappa shape index (κ1) is 24.4. The predicted molar refractivity (Wildman–Crippen MR) is 101 cm³/mol. The van der Waals surface area contributed by atoms with E-state index in [4.69, 9.17) is 12.2 Å². The van der Waals surface area contributed by atoms with Crippen LogP contribution in [0.2, 0.25) is 0 Å². The molecule has 31 heavy (non-hydrogen) atoms. The molecule has 0 unspecified atom stereocenters. The number of alkyl halides is 7. The molecule has 0 saturated heterocycles. The van der Waals surface area contributed by atoms with Crippen LogP contribution in [0.5, 0.6) is 11.5 Å². The standard InChI is InChI=1S/C18H14F8N2O2S/c19-13-3-1-2-4-14(13)28-16(31)27-10-5-11(29-8-17(22,23)15(20)21)7-12(6-10)30-9-18(24,25)26/h1-7,15H,8-9H2,(H2,27,28,31). The highest BCUT2D eigenvalue weighted by Gasteiger charge is 2.41. The highest BCUT2D eigenvalue weighted by atomic mass is 32.1. The summed E-state index contributed by atoms with van der Waals surface area (Å²) in [5.74, 6) is -6.09. The van der Waals surface area contributed by atoms with Gasteiger partial charge in [0.05, 0.1) is 5.69 Å². The summed E-state index contributed by atoms with van der Waals surface area (Å²) in [4.78, 5) is 0. The minimum Gasteiger partial charge on any atom is -0.487 e. The lowest BCUT2D eigenvalue weighted by Crippen LogP contribution is -2.33. The lowest BCUT2D eigenvalue weighted by atomic mass is 10.2. The molecule has 13 heteroatoms. The summed E-state index contributed by atoms with van der Waals surface area (Å²) in [5, 5.41) is 4.78. The molecule has 170 valence electrons. The van der Waals surface area contributed by atoms with Gasteiger partial charge in [-0.05, 0) is 24.4 Å². The van der Waals surface area contributed by atoms with Gasteiger partial charge in [0.1, 0.15) is 17.3 Å². The number of halogens is 8. The largest absolute Gasteiger partial charge is 0.487 e. The van der Waals surface area contributed by atoms with E-state index in [2.05, 4.69) is 20.1 Å². The quantitative estimate of drug-likeness (QED) is 0.371. The average molecular weight is 474 g/mol. The van der Waals surface area contributed by atoms with Crippen molar-refractivity contribution < 1.29 is 44.6 Å². The molecule has 0 amide bonds. The molecule has 2 rings (SSSR count). The molecule has 2 aromatic rings. The van der Waals surface area contributed by atoms with Gasteiger partial charge in [-0.2, -0.15) is 22.0 Å². The zero-order valence-electron chi connectivity index (χ0n) is 15.3. The first-order valence-corrected chi connectivity index (χ1v) is 8.72. The maximum absolute atomic E-state index is 13.7. The number of hydrogen-bond donors (Lipinski definition) is 2. The van der Waals surface area contributed by atoms with Crippen LogP contribution in [-0.4, -0.2) is 36.9 Å². The molecule has 0 aromatic heterocycles. The third kappa shape index (κ3) is 8.07. The molecule has 2 aromatic carbocycles. The molecular weight excluding hydrogens is 460 g/mol. The molecule has 0 heterocycles. The Hall–Kier alpha value is -2.83. The van der Waals surface area contributed by atoms with Crippen LogP contribution in [0, 0.1) is 5.82 Å². The molecule has 0 aliphatic heterocycles. The summed E-state index contributed by atoms with van der Waals surface area (Å²) in [6.07, 6.45) is -8.71. The van der Waals surface area contributed by atoms with E-state index < -0.39 is 49.1 Å². The van der Waals surface area contributed by atoms with Crippen LogP contribution in [0.3, 0.4) is 0 Å². The third-order valence-corrected chi connectivity index (χ3v) is 3.62. The summed E-state index contributed by atoms with van der Waals surface area (Å²) in [7, 11) is 0. The highest BCUT2D eigenvalue weighted by molar-refractivity contribution is 7.80. The Bertz CT molecular complexity index is 908. The van der Waals surface area contributed by atoms with E-state index in [0.717, 1.165) is 24.3 Å². The van der Waals surface area contributed by atoms with Gasteiger partial charge < -0.3 is 20.1 Å². The van der Waals surface area contributed by atoms with Gasteiger partial charge in [-0.15, -0.1) is 0 Å². The zero-order chi connectivity index (χ0) is 23.2. The molecule has 0 aliphatic rings. The summed E-state index contributed by atoms with van der Waals surface area (Å²) >= 11 is 4.98. The van der Waals surface area contributed by atoms with Gasteiger partial charge in [0.2, 0.25) is 0 Å². The minimum absolute atomic E-state index is 0.0162. The van der Waals surface area contributed by atoms with Crippen molar-refractivity contribution in [1.82, 2.24) is 0 Å². The number of hydrogen-bond acceptors (Lipinski definition) is 3. The zero-order valence-corrected chi connectivity index (χ0v) is 16.1. The Morgan fingerprint density at radius 3 is 2.03 bits per heavy atom. The number of benzene rings is 2. The predicted octanol–water partition coefficient (Wildman–Crippen LogP) is 5.85. The lowest BCUT2D eigenvalue weighted by Gasteiger charge is -2.18. The van der Waals surface area contributed by atoms with Crippen LogP contribution in [0.4, 0.5) is 46.5 Å². The Balaban J connectivity index is 2.19. The second kappa shape index (κ2) is 9.98. The van der Waals surface area contributed by atoms with Crippen LogP contribution in [0.15, 0.2) is 42.5 Å². The molecule has 4 nitrogen and oxygen atoms in total. The Morgan fingerprint density at radius 2 is 1.48 bits per heavy atom. The molecule has 2 N–H and O–H groups in total. The number of para-hydroxylation sites is 1. The maximum atomic E-state index is 13.7. The fourth-order valence-electron chi connectivity index (χ4n) is 2.07. The molecule has 0 spiro atoms. The second-order valence-corrected chi connectivity index (χ2v) is 6.41. The van der Waals surface area contributed by atoms with Gasteiger partial charge >= 0.3 is 18.5 Å². The Labute approximate surface area is 176 Å². The molecular formula is C18H14F8N2O2S. The van der Waals surface area contributed by atoms with Crippen molar-refractivity contribution in [2.24, 2.45) is 0 Å². The van der Waals surface area contributed by atoms with Crippen molar-refractivity contribution in [2.75, 3.05) is 23.8 Å². The average Bonchev–Trinajstić information content (AvgIpc) is 2.66. The van der Waals surface area contributed by atoms with Crippen molar-refractivity contribution in [1.29, 1.82) is 0 Å². The summed E-state index contributed by atoms with van der Waals surface area (Å²) < 4.78 is 111. The first-order chi connectivity index (χ1) is 14.4. The van der Waals surface area contributed by atoms with Gasteiger partial charge in [0.15, 0.2) is 18.3 Å². The normalized spacial score (nSPS) is 11.9. The summed E-state index contributed by atoms with van der Waals surface area (Å²) in [6, 6.07) is 8.28. The van der Waals surface area contributed by atoms with Gasteiger partial charge in [0, 0.05) is 23.9 Å². The fraction of sp³-hybridized carbons (Fsp3) is 0.278. The topological polar surface area (TPSA) is 42.5 Å². The number of thiocarbonyl (C=S) groups is 1. The van der Waals surface area contributed by atoms with Crippen LogP contribution < -0.4 is 20.1 Å². The van der Waals surface area contributed by atoms with E-state index in [1.807, 2.05) is 0 Å². The smallest absolute Gasteiger partial charge is 0.422 e. The molecule has 0 bridgehead atoms. The van der Waals surface area contributed by atoms with Gasteiger partial charge in [0.25, 0.3) is 0 Å². The molecule has 0 aliphatic carbocycles. The maximum Gasteiger partial charge on any atom is 0.422 e. The number of ether oxygens (including phenoxy) is 2. The molecule has 0 fully saturated rings. The minimum atomic E-state index is -4.70. The second-order valence-electron chi connectivity index (χ2n) is 6.01. The number of nitrogens with one attached hydrogen (secondary N) is 2. The van der Waals surface area contributed by atoms with Crippen molar-refractivity contribution in [3.63, 3.8) is 0 Å². The van der Waals surface area contributed by atoms with Crippen molar-refractivity contribution in [3.8, 4) is 11.5 Å². The van der Waals surface area contributed by atoms with E-state index in [1.54, 1.807) is 0 Å². The summed E-state index contributed by atoms with van der Waals surface area (Å²) in [5.41, 5.74) is -0.110. The van der Waals surface area contributed by atoms with Gasteiger partial charge in [-0.25, -0.2) is 13.2 Å². The fourth-order valence-corrected chi connectivity index (χ4v) is 2.29. The highest BCUT2D eigenvalue weighted by Crippen LogP contribution is 2.30. The van der Waals surface area contributed by atoms with Crippen molar-refractivity contribution in [3.05, 3.63) is 48.3 Å². The molecule has 0 saturated carbocycles. The lowest BCUT2D eigenvalue weighted by molar-refractivity contribution is -0.153. The molecule has 0 atom stereocenters. The Morgan fingerprint density at radius 1 is 0.903 bits per heavy atom. The SMILES string of the molecule is Fc1ccccc1NC(=S)Nc1cc(OCC(F)(F)F)cc(OCC(F)(F)C(F)F)c1. The van der Waals surface area contributed by atoms with Crippen LogP contribution in [0.25, 0.3) is 0 Å².